The van der Waals surface area contributed by atoms with Crippen LogP contribution in [0.15, 0.2) is 53.4 Å². The van der Waals surface area contributed by atoms with Gasteiger partial charge in [0.25, 0.3) is 5.91 Å². The van der Waals surface area contributed by atoms with Gasteiger partial charge in [0, 0.05) is 29.4 Å². The number of aryl methyl sites for hydroxylation is 2. The molecule has 8 heteroatoms. The van der Waals surface area contributed by atoms with Crippen LogP contribution < -0.4 is 10.0 Å². The molecule has 1 aliphatic rings. The van der Waals surface area contributed by atoms with Crippen molar-refractivity contribution in [2.24, 2.45) is 0 Å². The summed E-state index contributed by atoms with van der Waals surface area (Å²) in [7, 11) is -3.62. The van der Waals surface area contributed by atoms with Gasteiger partial charge in [0.05, 0.1) is 17.1 Å². The van der Waals surface area contributed by atoms with E-state index in [0.717, 1.165) is 40.9 Å². The molecule has 168 valence electrons. The zero-order valence-corrected chi connectivity index (χ0v) is 19.4. The molecule has 1 fully saturated rings. The van der Waals surface area contributed by atoms with Crippen molar-refractivity contribution in [2.45, 2.75) is 57.6 Å². The SMILES string of the molecule is Cc1ccc(S(=O)(=O)NC2CC2)cc1C(=O)NCc1c(C)nn(Cc2ccccc2)c1C. The van der Waals surface area contributed by atoms with Crippen LogP contribution in [0.25, 0.3) is 0 Å². The maximum absolute atomic E-state index is 12.9. The molecule has 1 aliphatic carbocycles. The van der Waals surface area contributed by atoms with Crippen LogP contribution >= 0.6 is 0 Å². The Hall–Kier alpha value is -2.97. The zero-order chi connectivity index (χ0) is 22.9. The molecule has 1 saturated carbocycles. The fourth-order valence-corrected chi connectivity index (χ4v) is 5.00. The molecule has 0 saturated heterocycles. The van der Waals surface area contributed by atoms with Gasteiger partial charge in [-0.3, -0.25) is 9.48 Å². The molecule has 32 heavy (non-hydrogen) atoms. The largest absolute Gasteiger partial charge is 0.348 e. The van der Waals surface area contributed by atoms with Gasteiger partial charge in [0.2, 0.25) is 10.0 Å². The summed E-state index contributed by atoms with van der Waals surface area (Å²) >= 11 is 0. The minimum Gasteiger partial charge on any atom is -0.348 e. The highest BCUT2D eigenvalue weighted by Gasteiger charge is 2.28. The van der Waals surface area contributed by atoms with Crippen LogP contribution in [0.5, 0.6) is 0 Å². The first-order valence-corrected chi connectivity index (χ1v) is 12.2. The number of benzene rings is 2. The van der Waals surface area contributed by atoms with Crippen molar-refractivity contribution in [3.8, 4) is 0 Å². The number of amides is 1. The van der Waals surface area contributed by atoms with Gasteiger partial charge < -0.3 is 5.32 Å². The third-order valence-electron chi connectivity index (χ3n) is 5.80. The van der Waals surface area contributed by atoms with Gasteiger partial charge >= 0.3 is 0 Å². The molecule has 7 nitrogen and oxygen atoms in total. The van der Waals surface area contributed by atoms with Crippen LogP contribution in [-0.2, 0) is 23.1 Å². The molecule has 3 aromatic rings. The molecule has 1 amide bonds. The predicted octanol–water partition coefficient (Wildman–Crippen LogP) is 3.23. The van der Waals surface area contributed by atoms with E-state index in [4.69, 9.17) is 0 Å². The lowest BCUT2D eigenvalue weighted by Crippen LogP contribution is -2.27. The van der Waals surface area contributed by atoms with Gasteiger partial charge in [-0.15, -0.1) is 0 Å². The molecule has 2 aromatic carbocycles. The van der Waals surface area contributed by atoms with Crippen molar-refractivity contribution in [1.29, 1.82) is 0 Å². The number of aromatic nitrogens is 2. The highest BCUT2D eigenvalue weighted by Crippen LogP contribution is 2.23. The molecular weight excluding hydrogens is 424 g/mol. The second-order valence-corrected chi connectivity index (χ2v) is 10.1. The fraction of sp³-hybridized carbons (Fsp3) is 0.333. The van der Waals surface area contributed by atoms with Crippen molar-refractivity contribution in [3.05, 3.63) is 82.2 Å². The maximum Gasteiger partial charge on any atom is 0.251 e. The number of sulfonamides is 1. The lowest BCUT2D eigenvalue weighted by molar-refractivity contribution is 0.0950. The van der Waals surface area contributed by atoms with Gasteiger partial charge in [0.15, 0.2) is 0 Å². The molecule has 2 N–H and O–H groups in total. The lowest BCUT2D eigenvalue weighted by atomic mass is 10.1. The Kier molecular flexibility index (Phi) is 6.17. The number of nitrogens with zero attached hydrogens (tertiary/aromatic N) is 2. The first-order valence-electron chi connectivity index (χ1n) is 10.7. The third-order valence-corrected chi connectivity index (χ3v) is 7.31. The Balaban J connectivity index is 1.49. The van der Waals surface area contributed by atoms with Crippen LogP contribution in [0.2, 0.25) is 0 Å². The molecule has 1 heterocycles. The first kappa shape index (κ1) is 22.2. The van der Waals surface area contributed by atoms with E-state index in [1.54, 1.807) is 19.1 Å². The summed E-state index contributed by atoms with van der Waals surface area (Å²) < 4.78 is 29.7. The number of nitrogens with one attached hydrogen (secondary N) is 2. The quantitative estimate of drug-likeness (QED) is 0.549. The van der Waals surface area contributed by atoms with Gasteiger partial charge in [-0.1, -0.05) is 36.4 Å². The average molecular weight is 453 g/mol. The first-order chi connectivity index (χ1) is 15.2. The molecule has 0 spiro atoms. The van der Waals surface area contributed by atoms with E-state index in [2.05, 4.69) is 27.3 Å². The van der Waals surface area contributed by atoms with E-state index in [1.165, 1.54) is 6.07 Å². The van der Waals surface area contributed by atoms with Crippen molar-refractivity contribution in [2.75, 3.05) is 0 Å². The van der Waals surface area contributed by atoms with E-state index in [-0.39, 0.29) is 16.8 Å². The predicted molar refractivity (Wildman–Crippen MR) is 123 cm³/mol. The molecule has 0 unspecified atom stereocenters. The van der Waals surface area contributed by atoms with Gasteiger partial charge in [-0.2, -0.15) is 5.10 Å². The standard InChI is InChI=1S/C24H28N4O3S/c1-16-9-12-21(32(30,31)27-20-10-11-20)13-22(16)24(29)25-14-23-17(2)26-28(18(23)3)15-19-7-5-4-6-8-19/h4-9,12-13,20,27H,10-11,14-15H2,1-3H3,(H,25,29). The number of hydrogen-bond acceptors (Lipinski definition) is 4. The highest BCUT2D eigenvalue weighted by atomic mass is 32.2. The van der Waals surface area contributed by atoms with Crippen molar-refractivity contribution in [1.82, 2.24) is 19.8 Å². The minimum atomic E-state index is -3.62. The average Bonchev–Trinajstić information content (AvgIpc) is 3.52. The number of carbonyl (C=O) groups excluding carboxylic acids is 1. The van der Waals surface area contributed by atoms with E-state index in [0.29, 0.717) is 18.7 Å². The van der Waals surface area contributed by atoms with E-state index >= 15 is 0 Å². The third kappa shape index (κ3) is 4.92. The highest BCUT2D eigenvalue weighted by molar-refractivity contribution is 7.89. The Morgan fingerprint density at radius 3 is 2.50 bits per heavy atom. The molecule has 0 aliphatic heterocycles. The van der Waals surface area contributed by atoms with E-state index in [9.17, 15) is 13.2 Å². The molecule has 0 bridgehead atoms. The summed E-state index contributed by atoms with van der Waals surface area (Å²) in [6.07, 6.45) is 1.71. The smallest absolute Gasteiger partial charge is 0.251 e. The normalized spacial score (nSPS) is 13.8. The summed E-state index contributed by atoms with van der Waals surface area (Å²) in [6.45, 7) is 6.70. The maximum atomic E-state index is 12.9. The van der Waals surface area contributed by atoms with Crippen LogP contribution in [0, 0.1) is 20.8 Å². The summed E-state index contributed by atoms with van der Waals surface area (Å²) in [5.41, 5.74) is 5.05. The van der Waals surface area contributed by atoms with E-state index in [1.807, 2.05) is 36.7 Å². The van der Waals surface area contributed by atoms with Gasteiger partial charge in [-0.05, 0) is 56.9 Å². The molecule has 4 rings (SSSR count). The van der Waals surface area contributed by atoms with Gasteiger partial charge in [0.1, 0.15) is 0 Å². The van der Waals surface area contributed by atoms with Crippen molar-refractivity contribution in [3.63, 3.8) is 0 Å². The summed E-state index contributed by atoms with van der Waals surface area (Å²) in [6, 6.07) is 14.8. The monoisotopic (exact) mass is 452 g/mol. The summed E-state index contributed by atoms with van der Waals surface area (Å²) in [5.74, 6) is -0.305. The van der Waals surface area contributed by atoms with Crippen molar-refractivity contribution >= 4 is 15.9 Å². The fourth-order valence-electron chi connectivity index (χ4n) is 3.67. The molecule has 1 aromatic heterocycles. The van der Waals surface area contributed by atoms with Gasteiger partial charge in [-0.25, -0.2) is 13.1 Å². The Labute approximate surface area is 188 Å². The second-order valence-electron chi connectivity index (χ2n) is 8.35. The summed E-state index contributed by atoms with van der Waals surface area (Å²) in [5, 5.41) is 7.57. The Morgan fingerprint density at radius 2 is 1.81 bits per heavy atom. The second kappa shape index (κ2) is 8.88. The van der Waals surface area contributed by atoms with Crippen LogP contribution in [-0.4, -0.2) is 30.1 Å². The van der Waals surface area contributed by atoms with Crippen LogP contribution in [0.3, 0.4) is 0 Å². The van der Waals surface area contributed by atoms with Crippen LogP contribution in [0.1, 0.15) is 51.3 Å². The molecule has 0 radical (unpaired) electrons. The number of carbonyl (C=O) groups is 1. The topological polar surface area (TPSA) is 93.1 Å². The number of rotatable bonds is 8. The minimum absolute atomic E-state index is 0.0111. The number of hydrogen-bond donors (Lipinski definition) is 2. The molecule has 0 atom stereocenters. The van der Waals surface area contributed by atoms with Crippen molar-refractivity contribution < 1.29 is 13.2 Å². The van der Waals surface area contributed by atoms with Crippen LogP contribution in [0.4, 0.5) is 0 Å². The zero-order valence-electron chi connectivity index (χ0n) is 18.6. The molecular formula is C24H28N4O3S. The Bertz CT molecular complexity index is 1250. The lowest BCUT2D eigenvalue weighted by Gasteiger charge is -2.11. The van der Waals surface area contributed by atoms with E-state index < -0.39 is 10.0 Å². The Morgan fingerprint density at radius 1 is 1.09 bits per heavy atom. The summed E-state index contributed by atoms with van der Waals surface area (Å²) in [4.78, 5) is 13.0.